The Morgan fingerprint density at radius 3 is 2.09 bits per heavy atom. The van der Waals surface area contributed by atoms with Crippen molar-refractivity contribution in [1.82, 2.24) is 4.90 Å². The van der Waals surface area contributed by atoms with Gasteiger partial charge in [0.1, 0.15) is 0 Å². The lowest BCUT2D eigenvalue weighted by Gasteiger charge is -2.20. The number of ketones is 1. The Morgan fingerprint density at radius 1 is 1.09 bits per heavy atom. The van der Waals surface area contributed by atoms with E-state index < -0.39 is 0 Å². The molecule has 1 fully saturated rings. The van der Waals surface area contributed by atoms with Crippen LogP contribution in [0.2, 0.25) is 0 Å². The summed E-state index contributed by atoms with van der Waals surface area (Å²) in [7, 11) is 4.66. The molecule has 0 N–H and O–H groups in total. The van der Waals surface area contributed by atoms with Crippen molar-refractivity contribution >= 4 is 5.78 Å². The van der Waals surface area contributed by atoms with Crippen LogP contribution >= 0.6 is 0 Å². The highest BCUT2D eigenvalue weighted by Gasteiger charge is 2.23. The van der Waals surface area contributed by atoms with Gasteiger partial charge in [0.15, 0.2) is 17.3 Å². The van der Waals surface area contributed by atoms with E-state index >= 15 is 0 Å². The van der Waals surface area contributed by atoms with E-state index in [0.717, 1.165) is 19.6 Å². The zero-order chi connectivity index (χ0) is 16.1. The van der Waals surface area contributed by atoms with E-state index in [-0.39, 0.29) is 11.7 Å². The first-order valence-corrected chi connectivity index (χ1v) is 7.67. The minimum absolute atomic E-state index is 0.0547. The van der Waals surface area contributed by atoms with Crippen LogP contribution in [0.25, 0.3) is 0 Å². The van der Waals surface area contributed by atoms with Crippen molar-refractivity contribution in [3.05, 3.63) is 17.7 Å². The van der Waals surface area contributed by atoms with E-state index in [1.807, 2.05) is 6.92 Å². The van der Waals surface area contributed by atoms with Gasteiger partial charge in [0.05, 0.1) is 21.3 Å². The molecule has 5 heteroatoms. The Labute approximate surface area is 132 Å². The van der Waals surface area contributed by atoms with Gasteiger partial charge in [-0.1, -0.05) is 6.92 Å². The number of Topliss-reactive ketones (excluding diaryl/α,β-unsaturated/α-hetero) is 1. The van der Waals surface area contributed by atoms with Crippen molar-refractivity contribution in [3.63, 3.8) is 0 Å². The molecule has 0 amide bonds. The molecule has 0 spiro atoms. The summed E-state index contributed by atoms with van der Waals surface area (Å²) in [5.41, 5.74) is 0.598. The number of ether oxygens (including phenoxy) is 3. The van der Waals surface area contributed by atoms with Gasteiger partial charge >= 0.3 is 0 Å². The van der Waals surface area contributed by atoms with E-state index in [9.17, 15) is 4.79 Å². The number of benzene rings is 1. The summed E-state index contributed by atoms with van der Waals surface area (Å²) in [4.78, 5) is 15.0. The molecule has 22 heavy (non-hydrogen) atoms. The molecule has 1 atom stereocenters. The number of nitrogens with zero attached hydrogens (tertiary/aromatic N) is 1. The molecule has 1 aromatic rings. The SMILES string of the molecule is COc1cc(C(=O)C(C)CN2CCCC2)cc(OC)c1OC. The van der Waals surface area contributed by atoms with Crippen LogP contribution in [-0.4, -0.2) is 51.6 Å². The van der Waals surface area contributed by atoms with Crippen molar-refractivity contribution in [3.8, 4) is 17.2 Å². The first-order valence-electron chi connectivity index (χ1n) is 7.67. The number of carbonyl (C=O) groups is 1. The highest BCUT2D eigenvalue weighted by Crippen LogP contribution is 2.38. The fourth-order valence-electron chi connectivity index (χ4n) is 2.94. The number of hydrogen-bond acceptors (Lipinski definition) is 5. The van der Waals surface area contributed by atoms with Crippen molar-refractivity contribution in [2.24, 2.45) is 5.92 Å². The molecular formula is C17H25NO4. The van der Waals surface area contributed by atoms with Gasteiger partial charge in [-0.2, -0.15) is 0 Å². The highest BCUT2D eigenvalue weighted by atomic mass is 16.5. The summed E-state index contributed by atoms with van der Waals surface area (Å²) >= 11 is 0. The van der Waals surface area contributed by atoms with Crippen LogP contribution in [0.1, 0.15) is 30.1 Å². The smallest absolute Gasteiger partial charge is 0.203 e. The summed E-state index contributed by atoms with van der Waals surface area (Å²) < 4.78 is 15.9. The second-order valence-corrected chi connectivity index (χ2v) is 5.69. The standard InChI is InChI=1S/C17H25NO4/c1-12(11-18-7-5-6-8-18)16(19)13-9-14(20-2)17(22-4)15(10-13)21-3/h9-10,12H,5-8,11H2,1-4H3. The van der Waals surface area contributed by atoms with Crippen molar-refractivity contribution in [1.29, 1.82) is 0 Å². The molecule has 0 radical (unpaired) electrons. The fourth-order valence-corrected chi connectivity index (χ4v) is 2.94. The van der Waals surface area contributed by atoms with Crippen LogP contribution in [0, 0.1) is 5.92 Å². The fraction of sp³-hybridized carbons (Fsp3) is 0.588. The van der Waals surface area contributed by atoms with Gasteiger partial charge in [0.25, 0.3) is 0 Å². The number of hydrogen-bond donors (Lipinski definition) is 0. The predicted octanol–water partition coefficient (Wildman–Crippen LogP) is 2.63. The average Bonchev–Trinajstić information content (AvgIpc) is 3.05. The first-order chi connectivity index (χ1) is 10.6. The second-order valence-electron chi connectivity index (χ2n) is 5.69. The Hall–Kier alpha value is -1.75. The Bertz CT molecular complexity index is 498. The molecule has 1 saturated heterocycles. The lowest BCUT2D eigenvalue weighted by molar-refractivity contribution is 0.0902. The van der Waals surface area contributed by atoms with Gasteiger partial charge in [-0.15, -0.1) is 0 Å². The largest absolute Gasteiger partial charge is 0.493 e. The molecule has 0 bridgehead atoms. The monoisotopic (exact) mass is 307 g/mol. The third-order valence-electron chi connectivity index (χ3n) is 4.13. The van der Waals surface area contributed by atoms with Crippen LogP contribution in [0.5, 0.6) is 17.2 Å². The summed E-state index contributed by atoms with van der Waals surface area (Å²) in [5, 5.41) is 0. The Kier molecular flexibility index (Phi) is 5.66. The zero-order valence-electron chi connectivity index (χ0n) is 13.8. The van der Waals surface area contributed by atoms with Gasteiger partial charge in [0.2, 0.25) is 5.75 Å². The molecular weight excluding hydrogens is 282 g/mol. The lowest BCUT2D eigenvalue weighted by atomic mass is 9.98. The third-order valence-corrected chi connectivity index (χ3v) is 4.13. The molecule has 122 valence electrons. The minimum Gasteiger partial charge on any atom is -0.493 e. The molecule has 1 unspecified atom stereocenters. The Morgan fingerprint density at radius 2 is 1.64 bits per heavy atom. The van der Waals surface area contributed by atoms with Crippen LogP contribution in [0.3, 0.4) is 0 Å². The molecule has 0 aliphatic carbocycles. The normalized spacial score (nSPS) is 16.4. The number of likely N-dealkylation sites (tertiary alicyclic amines) is 1. The maximum atomic E-state index is 12.7. The molecule has 1 aromatic carbocycles. The van der Waals surface area contributed by atoms with Gasteiger partial charge in [-0.05, 0) is 38.1 Å². The number of rotatable bonds is 7. The van der Waals surface area contributed by atoms with Crippen LogP contribution in [-0.2, 0) is 0 Å². The highest BCUT2D eigenvalue weighted by molar-refractivity contribution is 5.99. The van der Waals surface area contributed by atoms with E-state index in [4.69, 9.17) is 14.2 Å². The maximum Gasteiger partial charge on any atom is 0.203 e. The quantitative estimate of drug-likeness (QED) is 0.725. The van der Waals surface area contributed by atoms with Gasteiger partial charge < -0.3 is 19.1 Å². The first kappa shape index (κ1) is 16.6. The zero-order valence-corrected chi connectivity index (χ0v) is 13.8. The summed E-state index contributed by atoms with van der Waals surface area (Å²) in [6, 6.07) is 3.45. The Balaban J connectivity index is 2.20. The number of carbonyl (C=O) groups excluding carboxylic acids is 1. The van der Waals surface area contributed by atoms with Crippen LogP contribution < -0.4 is 14.2 Å². The van der Waals surface area contributed by atoms with Crippen LogP contribution in [0.4, 0.5) is 0 Å². The lowest BCUT2D eigenvalue weighted by Crippen LogP contribution is -2.29. The van der Waals surface area contributed by atoms with Gasteiger partial charge in [0, 0.05) is 18.0 Å². The van der Waals surface area contributed by atoms with Crippen molar-refractivity contribution < 1.29 is 19.0 Å². The average molecular weight is 307 g/mol. The van der Waals surface area contributed by atoms with Crippen molar-refractivity contribution in [2.45, 2.75) is 19.8 Å². The van der Waals surface area contributed by atoms with E-state index in [1.54, 1.807) is 33.5 Å². The summed E-state index contributed by atoms with van der Waals surface area (Å²) in [5.74, 6) is 1.58. The third kappa shape index (κ3) is 3.53. The molecule has 2 rings (SSSR count). The summed E-state index contributed by atoms with van der Waals surface area (Å²) in [6.07, 6.45) is 2.45. The summed E-state index contributed by atoms with van der Waals surface area (Å²) in [6.45, 7) is 4.96. The van der Waals surface area contributed by atoms with Gasteiger partial charge in [-0.25, -0.2) is 0 Å². The van der Waals surface area contributed by atoms with Gasteiger partial charge in [-0.3, -0.25) is 4.79 Å². The number of methoxy groups -OCH3 is 3. The predicted molar refractivity (Wildman–Crippen MR) is 85.3 cm³/mol. The molecule has 1 aliphatic heterocycles. The van der Waals surface area contributed by atoms with E-state index in [0.29, 0.717) is 22.8 Å². The minimum atomic E-state index is -0.0547. The molecule has 1 heterocycles. The molecule has 5 nitrogen and oxygen atoms in total. The topological polar surface area (TPSA) is 48.0 Å². The molecule has 1 aliphatic rings. The molecule has 0 saturated carbocycles. The maximum absolute atomic E-state index is 12.7. The van der Waals surface area contributed by atoms with E-state index in [2.05, 4.69) is 4.90 Å². The second kappa shape index (κ2) is 7.49. The van der Waals surface area contributed by atoms with Crippen LogP contribution in [0.15, 0.2) is 12.1 Å². The van der Waals surface area contributed by atoms with E-state index in [1.165, 1.54) is 12.8 Å². The molecule has 0 aromatic heterocycles. The van der Waals surface area contributed by atoms with Crippen molar-refractivity contribution in [2.75, 3.05) is 41.0 Å².